The number of nitrogens with zero attached hydrogens (tertiary/aromatic N) is 2. The lowest BCUT2D eigenvalue weighted by Gasteiger charge is -2.32. The summed E-state index contributed by atoms with van der Waals surface area (Å²) in [4.78, 5) is 28.2. The molecule has 0 aliphatic heterocycles. The van der Waals surface area contributed by atoms with Gasteiger partial charge in [-0.2, -0.15) is 0 Å². The number of hydrogen-bond acceptors (Lipinski definition) is 5. The van der Waals surface area contributed by atoms with E-state index in [2.05, 4.69) is 5.32 Å². The minimum absolute atomic E-state index is 0.00577. The molecule has 4 aromatic rings. The van der Waals surface area contributed by atoms with Crippen LogP contribution in [0.1, 0.15) is 25.8 Å². The molecule has 0 saturated carbocycles. The third kappa shape index (κ3) is 8.20. The van der Waals surface area contributed by atoms with Crippen LogP contribution in [0.2, 0.25) is 0 Å². The van der Waals surface area contributed by atoms with Crippen LogP contribution in [0.5, 0.6) is 11.5 Å². The molecule has 4 rings (SSSR count). The maximum atomic E-state index is 13.9. The van der Waals surface area contributed by atoms with Gasteiger partial charge in [-0.3, -0.25) is 13.9 Å². The van der Waals surface area contributed by atoms with Gasteiger partial charge in [0.25, 0.3) is 10.0 Å². The molecule has 43 heavy (non-hydrogen) atoms. The van der Waals surface area contributed by atoms with E-state index in [1.54, 1.807) is 61.5 Å². The van der Waals surface area contributed by atoms with E-state index in [0.29, 0.717) is 30.0 Å². The Balaban J connectivity index is 1.68. The van der Waals surface area contributed by atoms with Gasteiger partial charge < -0.3 is 15.0 Å². The van der Waals surface area contributed by atoms with Crippen molar-refractivity contribution in [1.82, 2.24) is 10.2 Å². The number of para-hydroxylation sites is 1. The number of ether oxygens (including phenoxy) is 1. The van der Waals surface area contributed by atoms with Gasteiger partial charge in [-0.25, -0.2) is 12.8 Å². The third-order valence-corrected chi connectivity index (χ3v) is 8.48. The van der Waals surface area contributed by atoms with Gasteiger partial charge >= 0.3 is 0 Å². The number of carbonyl (C=O) groups excluding carboxylic acids is 2. The average molecular weight is 604 g/mol. The molecule has 10 heteroatoms. The molecule has 1 N–H and O–H groups in total. The molecule has 0 heterocycles. The summed E-state index contributed by atoms with van der Waals surface area (Å²) in [5, 5.41) is 2.79. The highest BCUT2D eigenvalue weighted by atomic mass is 32.2. The molecular formula is C33H34FN3O5S. The smallest absolute Gasteiger partial charge is 0.264 e. The molecule has 4 aromatic carbocycles. The highest BCUT2D eigenvalue weighted by molar-refractivity contribution is 7.92. The topological polar surface area (TPSA) is 96.0 Å². The van der Waals surface area contributed by atoms with E-state index in [0.717, 1.165) is 4.31 Å². The SMILES string of the molecule is CCCNC(=O)[C@H](C)N(Cc1ccc(F)cc1)C(=O)CN(c1ccc(Oc2ccccc2)cc1)S(=O)(=O)c1ccccc1. The second-order valence-electron chi connectivity index (χ2n) is 9.85. The maximum Gasteiger partial charge on any atom is 0.264 e. The number of rotatable bonds is 13. The Morgan fingerprint density at radius 3 is 2.02 bits per heavy atom. The fourth-order valence-electron chi connectivity index (χ4n) is 4.32. The lowest BCUT2D eigenvalue weighted by Crippen LogP contribution is -2.51. The Kier molecular flexibility index (Phi) is 10.5. The monoisotopic (exact) mass is 603 g/mol. The Hall–Kier alpha value is -4.70. The molecule has 0 radical (unpaired) electrons. The molecule has 0 bridgehead atoms. The molecule has 8 nitrogen and oxygen atoms in total. The Labute approximate surface area is 251 Å². The Morgan fingerprint density at radius 1 is 0.837 bits per heavy atom. The summed E-state index contributed by atoms with van der Waals surface area (Å²) in [7, 11) is -4.20. The number of amides is 2. The zero-order valence-electron chi connectivity index (χ0n) is 24.0. The first kappa shape index (κ1) is 31.2. The van der Waals surface area contributed by atoms with Crippen LogP contribution in [0, 0.1) is 5.82 Å². The van der Waals surface area contributed by atoms with E-state index in [1.165, 1.54) is 41.3 Å². The third-order valence-electron chi connectivity index (χ3n) is 6.70. The largest absolute Gasteiger partial charge is 0.457 e. The number of benzene rings is 4. The van der Waals surface area contributed by atoms with Gasteiger partial charge in [0.2, 0.25) is 11.8 Å². The van der Waals surface area contributed by atoms with Gasteiger partial charge in [0, 0.05) is 13.1 Å². The summed E-state index contributed by atoms with van der Waals surface area (Å²) < 4.78 is 48.3. The molecule has 0 aliphatic carbocycles. The predicted molar refractivity (Wildman–Crippen MR) is 164 cm³/mol. The minimum atomic E-state index is -4.20. The van der Waals surface area contributed by atoms with E-state index in [1.807, 2.05) is 25.1 Å². The fourth-order valence-corrected chi connectivity index (χ4v) is 5.75. The number of halogens is 1. The maximum absolute atomic E-state index is 13.9. The summed E-state index contributed by atoms with van der Waals surface area (Å²) in [6, 6.07) is 28.0. The van der Waals surface area contributed by atoms with Crippen LogP contribution in [0.15, 0.2) is 114 Å². The molecule has 224 valence electrons. The number of anilines is 1. The van der Waals surface area contributed by atoms with Crippen LogP contribution in [0.4, 0.5) is 10.1 Å². The van der Waals surface area contributed by atoms with Gasteiger partial charge in [-0.15, -0.1) is 0 Å². The molecule has 1 atom stereocenters. The van der Waals surface area contributed by atoms with Gasteiger partial charge in [0.15, 0.2) is 0 Å². The highest BCUT2D eigenvalue weighted by Gasteiger charge is 2.32. The summed E-state index contributed by atoms with van der Waals surface area (Å²) in [5.41, 5.74) is 0.826. The zero-order valence-corrected chi connectivity index (χ0v) is 24.8. The van der Waals surface area contributed by atoms with Gasteiger partial charge in [-0.05, 0) is 79.6 Å². The zero-order chi connectivity index (χ0) is 30.8. The van der Waals surface area contributed by atoms with E-state index in [4.69, 9.17) is 4.74 Å². The summed E-state index contributed by atoms with van der Waals surface area (Å²) >= 11 is 0. The molecule has 0 unspecified atom stereocenters. The lowest BCUT2D eigenvalue weighted by molar-refractivity contribution is -0.139. The van der Waals surface area contributed by atoms with Crippen molar-refractivity contribution < 1.29 is 27.1 Å². The first-order chi connectivity index (χ1) is 20.7. The van der Waals surface area contributed by atoms with Gasteiger partial charge in [0.05, 0.1) is 10.6 Å². The average Bonchev–Trinajstić information content (AvgIpc) is 3.03. The summed E-state index contributed by atoms with van der Waals surface area (Å²) in [6.07, 6.45) is 0.706. The first-order valence-corrected chi connectivity index (χ1v) is 15.4. The van der Waals surface area contributed by atoms with E-state index in [9.17, 15) is 22.4 Å². The normalized spacial score (nSPS) is 11.8. The standard InChI is InChI=1S/C33H34FN3O5S/c1-3-22-35-33(39)25(2)36(23-26-14-16-27(34)17-15-26)32(38)24-37(43(40,41)31-12-8-5-9-13-31)28-18-20-30(21-19-28)42-29-10-6-4-7-11-29/h4-21,25H,3,22-24H2,1-2H3,(H,35,39)/t25-/m0/s1. The second kappa shape index (κ2) is 14.5. The molecule has 0 spiro atoms. The number of carbonyl (C=O) groups is 2. The number of sulfonamides is 1. The van der Waals surface area contributed by atoms with Crippen molar-refractivity contribution in [3.63, 3.8) is 0 Å². The van der Waals surface area contributed by atoms with Crippen LogP contribution < -0.4 is 14.4 Å². The lowest BCUT2D eigenvalue weighted by atomic mass is 10.1. The van der Waals surface area contributed by atoms with Crippen molar-refractivity contribution in [2.45, 2.75) is 37.8 Å². The molecule has 0 saturated heterocycles. The Morgan fingerprint density at radius 2 is 1.42 bits per heavy atom. The summed E-state index contributed by atoms with van der Waals surface area (Å²) in [6.45, 7) is 3.31. The van der Waals surface area contributed by atoms with Crippen molar-refractivity contribution >= 4 is 27.5 Å². The van der Waals surface area contributed by atoms with Crippen molar-refractivity contribution in [3.05, 3.63) is 121 Å². The van der Waals surface area contributed by atoms with Crippen LogP contribution in [0.3, 0.4) is 0 Å². The number of nitrogens with one attached hydrogen (secondary N) is 1. The van der Waals surface area contributed by atoms with Crippen LogP contribution >= 0.6 is 0 Å². The molecule has 2 amide bonds. The minimum Gasteiger partial charge on any atom is -0.457 e. The van der Waals surface area contributed by atoms with E-state index < -0.39 is 34.3 Å². The van der Waals surface area contributed by atoms with Crippen molar-refractivity contribution in [3.8, 4) is 11.5 Å². The van der Waals surface area contributed by atoms with Crippen molar-refractivity contribution in [2.24, 2.45) is 0 Å². The summed E-state index contributed by atoms with van der Waals surface area (Å²) in [5.74, 6) is -0.316. The first-order valence-electron chi connectivity index (χ1n) is 13.9. The second-order valence-corrected chi connectivity index (χ2v) is 11.7. The highest BCUT2D eigenvalue weighted by Crippen LogP contribution is 2.28. The quantitative estimate of drug-likeness (QED) is 0.210. The van der Waals surface area contributed by atoms with E-state index in [-0.39, 0.29) is 23.0 Å². The van der Waals surface area contributed by atoms with Crippen molar-refractivity contribution in [2.75, 3.05) is 17.4 Å². The molecule has 0 aliphatic rings. The van der Waals surface area contributed by atoms with E-state index >= 15 is 0 Å². The molecule has 0 aromatic heterocycles. The number of hydrogen-bond donors (Lipinski definition) is 1. The van der Waals surface area contributed by atoms with Crippen LogP contribution in [0.25, 0.3) is 0 Å². The van der Waals surface area contributed by atoms with Gasteiger partial charge in [-0.1, -0.05) is 55.5 Å². The molecule has 0 fully saturated rings. The Bertz CT molecular complexity index is 1600. The molecular weight excluding hydrogens is 569 g/mol. The van der Waals surface area contributed by atoms with Crippen molar-refractivity contribution in [1.29, 1.82) is 0 Å². The van der Waals surface area contributed by atoms with Crippen LogP contribution in [-0.2, 0) is 26.2 Å². The predicted octanol–water partition coefficient (Wildman–Crippen LogP) is 5.76. The van der Waals surface area contributed by atoms with Crippen LogP contribution in [-0.4, -0.2) is 44.3 Å². The van der Waals surface area contributed by atoms with Gasteiger partial charge in [0.1, 0.15) is 29.9 Å². The fraction of sp³-hybridized carbons (Fsp3) is 0.212.